The van der Waals surface area contributed by atoms with E-state index in [0.29, 0.717) is 25.1 Å². The molecule has 1 aliphatic heterocycles. The van der Waals surface area contributed by atoms with Crippen LogP contribution >= 0.6 is 0 Å². The summed E-state index contributed by atoms with van der Waals surface area (Å²) < 4.78 is 5.57. The van der Waals surface area contributed by atoms with Gasteiger partial charge in [0, 0.05) is 18.3 Å². The van der Waals surface area contributed by atoms with Gasteiger partial charge in [0.2, 0.25) is 12.3 Å². The van der Waals surface area contributed by atoms with Crippen molar-refractivity contribution in [3.63, 3.8) is 0 Å². The molecule has 0 bridgehead atoms. The van der Waals surface area contributed by atoms with Crippen LogP contribution < -0.4 is 5.32 Å². The fourth-order valence-electron chi connectivity index (χ4n) is 1.47. The molecule has 6 heteroatoms. The highest BCUT2D eigenvalue weighted by Crippen LogP contribution is 2.15. The van der Waals surface area contributed by atoms with Gasteiger partial charge < -0.3 is 10.1 Å². The predicted molar refractivity (Wildman–Crippen MR) is 67.1 cm³/mol. The van der Waals surface area contributed by atoms with Crippen molar-refractivity contribution in [3.8, 4) is 6.07 Å². The number of amides is 1. The minimum atomic E-state index is -0.419. The Balaban J connectivity index is 2.89. The Morgan fingerprint density at radius 3 is 2.83 bits per heavy atom. The Bertz CT molecular complexity index is 395. The van der Waals surface area contributed by atoms with E-state index in [1.54, 1.807) is 13.1 Å². The number of nitriles is 1. The number of hydrogen-bond acceptors (Lipinski definition) is 5. The lowest BCUT2D eigenvalue weighted by atomic mass is 10.2. The largest absolute Gasteiger partial charge is 0.477 e. The van der Waals surface area contributed by atoms with Crippen molar-refractivity contribution in [1.29, 1.82) is 5.26 Å². The fourth-order valence-corrected chi connectivity index (χ4v) is 1.47. The van der Waals surface area contributed by atoms with E-state index in [1.165, 1.54) is 5.01 Å². The molecule has 18 heavy (non-hydrogen) atoms. The summed E-state index contributed by atoms with van der Waals surface area (Å²) in [5, 5.41) is 17.4. The van der Waals surface area contributed by atoms with E-state index >= 15 is 0 Å². The number of nitrogens with zero attached hydrogens (tertiary/aromatic N) is 3. The number of rotatable bonds is 4. The van der Waals surface area contributed by atoms with Gasteiger partial charge in [-0.15, -0.1) is 5.10 Å². The van der Waals surface area contributed by atoms with Crippen molar-refractivity contribution in [2.45, 2.75) is 45.8 Å². The monoisotopic (exact) mass is 250 g/mol. The Hall–Kier alpha value is -2.03. The number of hydrazone groups is 1. The average Bonchev–Trinajstić information content (AvgIpc) is 2.51. The van der Waals surface area contributed by atoms with Crippen LogP contribution in [-0.4, -0.2) is 29.5 Å². The van der Waals surface area contributed by atoms with Crippen LogP contribution in [0.15, 0.2) is 17.0 Å². The zero-order valence-electron chi connectivity index (χ0n) is 10.9. The molecule has 6 nitrogen and oxygen atoms in total. The summed E-state index contributed by atoms with van der Waals surface area (Å²) in [5.74, 6) is 0.575. The van der Waals surface area contributed by atoms with Crippen LogP contribution in [0.25, 0.3) is 0 Å². The summed E-state index contributed by atoms with van der Waals surface area (Å²) in [6.07, 6.45) is 3.54. The third kappa shape index (κ3) is 4.09. The minimum Gasteiger partial charge on any atom is -0.477 e. The normalized spacial score (nSPS) is 17.2. The number of carbonyl (C=O) groups is 1. The van der Waals surface area contributed by atoms with Crippen molar-refractivity contribution in [3.05, 3.63) is 11.9 Å². The molecule has 98 valence electrons. The van der Waals surface area contributed by atoms with Crippen molar-refractivity contribution >= 4 is 12.3 Å². The van der Waals surface area contributed by atoms with Gasteiger partial charge in [-0.25, -0.2) is 0 Å². The first-order valence-electron chi connectivity index (χ1n) is 5.89. The average molecular weight is 250 g/mol. The van der Waals surface area contributed by atoms with Crippen LogP contribution in [0.3, 0.4) is 0 Å². The number of hydrogen-bond donors (Lipinski definition) is 1. The molecule has 1 N–H and O–H groups in total. The second kappa shape index (κ2) is 6.64. The van der Waals surface area contributed by atoms with Crippen LogP contribution in [-0.2, 0) is 9.53 Å². The highest BCUT2D eigenvalue weighted by molar-refractivity contribution is 5.76. The molecule has 1 amide bonds. The van der Waals surface area contributed by atoms with Crippen molar-refractivity contribution < 1.29 is 9.53 Å². The van der Waals surface area contributed by atoms with Crippen molar-refractivity contribution in [2.75, 3.05) is 0 Å². The highest BCUT2D eigenvalue weighted by atomic mass is 16.5. The SMILES string of the molecule is CC(C)OC1=NN(C(C)C#N)C=C(NC=O)CC1. The molecular formula is C12H18N4O2. The van der Waals surface area contributed by atoms with E-state index in [4.69, 9.17) is 10.00 Å². The zero-order chi connectivity index (χ0) is 13.5. The molecule has 1 aliphatic rings. The molecule has 0 aliphatic carbocycles. The molecule has 1 unspecified atom stereocenters. The standard InChI is InChI=1S/C12H18N4O2/c1-9(2)18-12-5-4-11(14-8-17)7-16(15-12)10(3)6-13/h7-10H,4-5H2,1-3H3,(H,14,17). The van der Waals surface area contributed by atoms with Crippen LogP contribution in [0.2, 0.25) is 0 Å². The van der Waals surface area contributed by atoms with Gasteiger partial charge in [-0.05, 0) is 27.2 Å². The molecule has 0 aromatic rings. The van der Waals surface area contributed by atoms with Crippen molar-refractivity contribution in [2.24, 2.45) is 5.10 Å². The van der Waals surface area contributed by atoms with Gasteiger partial charge in [-0.2, -0.15) is 5.26 Å². The van der Waals surface area contributed by atoms with E-state index < -0.39 is 6.04 Å². The van der Waals surface area contributed by atoms with E-state index in [2.05, 4.69) is 16.5 Å². The number of nitrogens with one attached hydrogen (secondary N) is 1. The number of allylic oxidation sites excluding steroid dienone is 1. The third-order valence-electron chi connectivity index (χ3n) is 2.32. The first-order valence-corrected chi connectivity index (χ1v) is 5.89. The van der Waals surface area contributed by atoms with E-state index in [1.807, 2.05) is 13.8 Å². The van der Waals surface area contributed by atoms with Crippen molar-refractivity contribution in [1.82, 2.24) is 10.3 Å². The van der Waals surface area contributed by atoms with Gasteiger partial charge in [-0.1, -0.05) is 0 Å². The molecule has 0 fully saturated rings. The van der Waals surface area contributed by atoms with E-state index in [0.717, 1.165) is 5.70 Å². The Kier molecular flexibility index (Phi) is 5.18. The van der Waals surface area contributed by atoms with Gasteiger partial charge >= 0.3 is 0 Å². The molecule has 0 spiro atoms. The van der Waals surface area contributed by atoms with Crippen LogP contribution in [0.1, 0.15) is 33.6 Å². The Morgan fingerprint density at radius 1 is 1.56 bits per heavy atom. The van der Waals surface area contributed by atoms with Crippen LogP contribution in [0.4, 0.5) is 0 Å². The lowest BCUT2D eigenvalue weighted by molar-refractivity contribution is -0.109. The predicted octanol–water partition coefficient (Wildman–Crippen LogP) is 1.32. The highest BCUT2D eigenvalue weighted by Gasteiger charge is 2.17. The second-order valence-electron chi connectivity index (χ2n) is 4.26. The first kappa shape index (κ1) is 14.0. The maximum atomic E-state index is 10.5. The fraction of sp³-hybridized carbons (Fsp3) is 0.583. The molecular weight excluding hydrogens is 232 g/mol. The summed E-state index contributed by atoms with van der Waals surface area (Å²) in [6.45, 7) is 5.57. The maximum absolute atomic E-state index is 10.5. The van der Waals surface area contributed by atoms with Gasteiger partial charge in [0.15, 0.2) is 0 Å². The van der Waals surface area contributed by atoms with Crippen LogP contribution in [0.5, 0.6) is 0 Å². The van der Waals surface area contributed by atoms with Gasteiger partial charge in [0.25, 0.3) is 0 Å². The van der Waals surface area contributed by atoms with Gasteiger partial charge in [-0.3, -0.25) is 9.80 Å². The molecule has 1 atom stereocenters. The molecule has 0 saturated heterocycles. The Labute approximate surface area is 107 Å². The van der Waals surface area contributed by atoms with Gasteiger partial charge in [0.1, 0.15) is 6.04 Å². The molecule has 0 radical (unpaired) electrons. The smallest absolute Gasteiger partial charge is 0.211 e. The van der Waals surface area contributed by atoms with Gasteiger partial charge in [0.05, 0.1) is 12.2 Å². The molecule has 0 aromatic heterocycles. The molecule has 1 heterocycles. The summed E-state index contributed by atoms with van der Waals surface area (Å²) in [4.78, 5) is 10.5. The molecule has 0 saturated carbocycles. The topological polar surface area (TPSA) is 77.7 Å². The summed E-state index contributed by atoms with van der Waals surface area (Å²) in [5.41, 5.74) is 0.721. The lowest BCUT2D eigenvalue weighted by Gasteiger charge is -2.18. The molecule has 1 rings (SSSR count). The Morgan fingerprint density at radius 2 is 2.28 bits per heavy atom. The second-order valence-corrected chi connectivity index (χ2v) is 4.26. The zero-order valence-corrected chi connectivity index (χ0v) is 10.9. The lowest BCUT2D eigenvalue weighted by Crippen LogP contribution is -2.24. The summed E-state index contributed by atoms with van der Waals surface area (Å²) in [6, 6.07) is 1.68. The third-order valence-corrected chi connectivity index (χ3v) is 2.32. The maximum Gasteiger partial charge on any atom is 0.211 e. The quantitative estimate of drug-likeness (QED) is 0.763. The molecule has 0 aromatic carbocycles. The number of ether oxygens (including phenoxy) is 1. The van der Waals surface area contributed by atoms with E-state index in [9.17, 15) is 4.79 Å². The van der Waals surface area contributed by atoms with E-state index in [-0.39, 0.29) is 6.10 Å². The summed E-state index contributed by atoms with van der Waals surface area (Å²) in [7, 11) is 0. The minimum absolute atomic E-state index is 0.0311. The first-order chi connectivity index (χ1) is 8.56. The summed E-state index contributed by atoms with van der Waals surface area (Å²) >= 11 is 0. The van der Waals surface area contributed by atoms with Crippen LogP contribution in [0, 0.1) is 11.3 Å². The number of carbonyl (C=O) groups excluding carboxylic acids is 1.